The third kappa shape index (κ3) is 12.5. The Hall–Kier alpha value is -2.24. The summed E-state index contributed by atoms with van der Waals surface area (Å²) in [5.74, 6) is -3.14. The lowest BCUT2D eigenvalue weighted by atomic mass is 10.0. The molecule has 0 aliphatic carbocycles. The quantitative estimate of drug-likeness (QED) is 0.145. The van der Waals surface area contributed by atoms with Crippen molar-refractivity contribution in [1.82, 2.24) is 16.0 Å². The zero-order valence-corrected chi connectivity index (χ0v) is 20.5. The predicted octanol–water partition coefficient (Wildman–Crippen LogP) is -0.545. The minimum atomic E-state index is -1.39. The lowest BCUT2D eigenvalue weighted by Gasteiger charge is -2.27. The first kappa shape index (κ1) is 30.8. The molecule has 3 amide bonds. The van der Waals surface area contributed by atoms with Crippen molar-refractivity contribution < 1.29 is 29.4 Å². The molecule has 0 aliphatic rings. The molecule has 0 fully saturated rings. The summed E-state index contributed by atoms with van der Waals surface area (Å²) < 4.78 is 0. The summed E-state index contributed by atoms with van der Waals surface area (Å²) in [6.45, 7) is 9.18. The van der Waals surface area contributed by atoms with E-state index >= 15 is 0 Å². The average Bonchev–Trinajstić information content (AvgIpc) is 2.69. The Morgan fingerprint density at radius 1 is 0.788 bits per heavy atom. The van der Waals surface area contributed by atoms with Crippen LogP contribution in [0.1, 0.15) is 66.7 Å². The first-order valence-corrected chi connectivity index (χ1v) is 11.6. The van der Waals surface area contributed by atoms with Crippen LogP contribution in [0.5, 0.6) is 0 Å². The summed E-state index contributed by atoms with van der Waals surface area (Å²) in [7, 11) is 0. The fraction of sp³-hybridized carbons (Fsp3) is 0.818. The van der Waals surface area contributed by atoms with Gasteiger partial charge in [0.25, 0.3) is 0 Å². The van der Waals surface area contributed by atoms with Crippen molar-refractivity contribution in [3.63, 3.8) is 0 Å². The molecule has 0 aliphatic heterocycles. The van der Waals surface area contributed by atoms with Crippen LogP contribution in [-0.4, -0.2) is 70.7 Å². The Balaban J connectivity index is 5.34. The number of nitrogens with two attached hydrogens (primary N) is 2. The largest absolute Gasteiger partial charge is 0.480 e. The maximum atomic E-state index is 12.9. The summed E-state index contributed by atoms with van der Waals surface area (Å²) in [4.78, 5) is 49.5. The Morgan fingerprint density at radius 3 is 1.76 bits per heavy atom. The number of carbonyl (C=O) groups excluding carboxylic acids is 3. The first-order valence-electron chi connectivity index (χ1n) is 11.6. The van der Waals surface area contributed by atoms with E-state index in [0.29, 0.717) is 19.4 Å². The molecule has 0 radical (unpaired) electrons. The second-order valence-corrected chi connectivity index (χ2v) is 9.34. The molecule has 0 spiro atoms. The van der Waals surface area contributed by atoms with Crippen molar-refractivity contribution in [1.29, 1.82) is 0 Å². The molecule has 9 N–H and O–H groups in total. The lowest BCUT2D eigenvalue weighted by Crippen LogP contribution is -2.60. The molecule has 0 saturated carbocycles. The highest BCUT2D eigenvalue weighted by Gasteiger charge is 2.33. The maximum Gasteiger partial charge on any atom is 0.326 e. The Labute approximate surface area is 196 Å². The average molecular weight is 474 g/mol. The number of aliphatic carboxylic acids is 1. The molecule has 192 valence electrons. The number of rotatable bonds is 16. The van der Waals surface area contributed by atoms with Crippen LogP contribution >= 0.6 is 0 Å². The van der Waals surface area contributed by atoms with E-state index in [0.717, 1.165) is 6.42 Å². The van der Waals surface area contributed by atoms with Gasteiger partial charge in [-0.25, -0.2) is 4.79 Å². The molecule has 11 nitrogen and oxygen atoms in total. The molecule has 0 heterocycles. The Bertz CT molecular complexity index is 641. The molecular formula is C22H43N5O6. The van der Waals surface area contributed by atoms with Crippen molar-refractivity contribution in [2.75, 3.05) is 6.54 Å². The number of hydrogen-bond acceptors (Lipinski definition) is 7. The smallest absolute Gasteiger partial charge is 0.326 e. The second kappa shape index (κ2) is 15.6. The third-order valence-corrected chi connectivity index (χ3v) is 5.03. The van der Waals surface area contributed by atoms with Crippen LogP contribution in [0.3, 0.4) is 0 Å². The van der Waals surface area contributed by atoms with E-state index in [2.05, 4.69) is 16.0 Å². The van der Waals surface area contributed by atoms with Gasteiger partial charge in [0.2, 0.25) is 17.7 Å². The van der Waals surface area contributed by atoms with Crippen LogP contribution in [0.25, 0.3) is 0 Å². The number of unbranched alkanes of at least 4 members (excludes halogenated alkanes) is 1. The number of carboxylic acid groups (broad SMARTS) is 1. The van der Waals surface area contributed by atoms with Gasteiger partial charge < -0.3 is 37.6 Å². The van der Waals surface area contributed by atoms with Crippen molar-refractivity contribution in [3.05, 3.63) is 0 Å². The monoisotopic (exact) mass is 473 g/mol. The molecule has 0 aromatic carbocycles. The topological polar surface area (TPSA) is 197 Å². The molecule has 0 aromatic rings. The molecule has 0 aromatic heterocycles. The van der Waals surface area contributed by atoms with Crippen molar-refractivity contribution >= 4 is 23.7 Å². The molecule has 0 bridgehead atoms. The highest BCUT2D eigenvalue weighted by molar-refractivity contribution is 5.94. The molecule has 5 atom stereocenters. The number of aliphatic hydroxyl groups is 1. The fourth-order valence-electron chi connectivity index (χ4n) is 3.23. The maximum absolute atomic E-state index is 12.9. The van der Waals surface area contributed by atoms with Gasteiger partial charge in [0.15, 0.2) is 0 Å². The predicted molar refractivity (Wildman–Crippen MR) is 125 cm³/mol. The number of hydrogen-bond donors (Lipinski definition) is 7. The standard InChI is InChI=1S/C22H43N5O6/c1-12(2)10-16(25-19(29)15(24)8-6-7-9-23)20(30)27-18(14(5)28)21(31)26-17(22(32)33)11-13(3)4/h12-18,28H,6-11,23-24H2,1-5H3,(H,25,29)(H,26,31)(H,27,30)(H,32,33). The molecule has 0 rings (SSSR count). The second-order valence-electron chi connectivity index (χ2n) is 9.34. The lowest BCUT2D eigenvalue weighted by molar-refractivity contribution is -0.143. The van der Waals surface area contributed by atoms with Crippen LogP contribution < -0.4 is 27.4 Å². The zero-order valence-electron chi connectivity index (χ0n) is 20.5. The minimum absolute atomic E-state index is 0.00527. The van der Waals surface area contributed by atoms with Crippen LogP contribution in [0, 0.1) is 11.8 Å². The van der Waals surface area contributed by atoms with E-state index in [-0.39, 0.29) is 24.7 Å². The number of nitrogens with one attached hydrogen (secondary N) is 3. The highest BCUT2D eigenvalue weighted by Crippen LogP contribution is 2.09. The summed E-state index contributed by atoms with van der Waals surface area (Å²) in [5.41, 5.74) is 11.4. The Morgan fingerprint density at radius 2 is 1.30 bits per heavy atom. The van der Waals surface area contributed by atoms with Gasteiger partial charge in [0.1, 0.15) is 18.1 Å². The van der Waals surface area contributed by atoms with E-state index in [4.69, 9.17) is 11.5 Å². The molecule has 0 saturated heterocycles. The van der Waals surface area contributed by atoms with Gasteiger partial charge >= 0.3 is 5.97 Å². The first-order chi connectivity index (χ1) is 15.3. The van der Waals surface area contributed by atoms with Crippen LogP contribution in [0.2, 0.25) is 0 Å². The van der Waals surface area contributed by atoms with Crippen molar-refractivity contribution in [2.24, 2.45) is 23.3 Å². The number of aliphatic hydroxyl groups excluding tert-OH is 1. The van der Waals surface area contributed by atoms with Crippen LogP contribution in [-0.2, 0) is 19.2 Å². The summed E-state index contributed by atoms with van der Waals surface area (Å²) in [5, 5.41) is 26.9. The highest BCUT2D eigenvalue weighted by atomic mass is 16.4. The fourth-order valence-corrected chi connectivity index (χ4v) is 3.23. The van der Waals surface area contributed by atoms with E-state index in [1.807, 2.05) is 27.7 Å². The van der Waals surface area contributed by atoms with Gasteiger partial charge in [-0.2, -0.15) is 0 Å². The number of carboxylic acids is 1. The van der Waals surface area contributed by atoms with Crippen LogP contribution in [0.4, 0.5) is 0 Å². The minimum Gasteiger partial charge on any atom is -0.480 e. The van der Waals surface area contributed by atoms with Gasteiger partial charge in [0.05, 0.1) is 12.1 Å². The molecular weight excluding hydrogens is 430 g/mol. The summed E-state index contributed by atoms with van der Waals surface area (Å²) >= 11 is 0. The number of carbonyl (C=O) groups is 4. The Kier molecular flexibility index (Phi) is 14.5. The van der Waals surface area contributed by atoms with Crippen molar-refractivity contribution in [2.45, 2.75) is 97.0 Å². The van der Waals surface area contributed by atoms with Gasteiger partial charge in [-0.1, -0.05) is 34.1 Å². The van der Waals surface area contributed by atoms with Gasteiger partial charge in [0, 0.05) is 0 Å². The van der Waals surface area contributed by atoms with Crippen molar-refractivity contribution in [3.8, 4) is 0 Å². The van der Waals surface area contributed by atoms with Gasteiger partial charge in [-0.05, 0) is 51.0 Å². The SMILES string of the molecule is CC(C)CC(NC(=O)C(NC(=O)C(CC(C)C)NC(=O)C(N)CCCCN)C(C)O)C(=O)O. The normalized spacial score (nSPS) is 15.9. The number of amides is 3. The third-order valence-electron chi connectivity index (χ3n) is 5.03. The zero-order chi connectivity index (χ0) is 25.7. The van der Waals surface area contributed by atoms with E-state index in [9.17, 15) is 29.4 Å². The summed E-state index contributed by atoms with van der Waals surface area (Å²) in [6, 6.07) is -4.33. The molecule has 33 heavy (non-hydrogen) atoms. The van der Waals surface area contributed by atoms with Crippen LogP contribution in [0.15, 0.2) is 0 Å². The van der Waals surface area contributed by atoms with E-state index in [1.54, 1.807) is 0 Å². The summed E-state index contributed by atoms with van der Waals surface area (Å²) in [6.07, 6.45) is 1.01. The van der Waals surface area contributed by atoms with Gasteiger partial charge in [-0.15, -0.1) is 0 Å². The van der Waals surface area contributed by atoms with Gasteiger partial charge in [-0.3, -0.25) is 14.4 Å². The molecule has 11 heteroatoms. The van der Waals surface area contributed by atoms with E-state index < -0.39 is 54.0 Å². The van der Waals surface area contributed by atoms with E-state index in [1.165, 1.54) is 6.92 Å². The molecule has 5 unspecified atom stereocenters.